The Hall–Kier alpha value is -0.160. The minimum atomic E-state index is -1.27. The fourth-order valence-corrected chi connectivity index (χ4v) is 1.29. The zero-order valence-electron chi connectivity index (χ0n) is 8.93. The lowest BCUT2D eigenvalue weighted by molar-refractivity contribution is -0.102. The first kappa shape index (κ1) is 13.8. The van der Waals surface area contributed by atoms with E-state index >= 15 is 0 Å². The first-order valence-electron chi connectivity index (χ1n) is 5.23. The van der Waals surface area contributed by atoms with Crippen molar-refractivity contribution in [2.45, 2.75) is 63.9 Å². The molecule has 4 nitrogen and oxygen atoms in total. The molecule has 0 spiro atoms. The Kier molecular flexibility index (Phi) is 7.09. The molecule has 4 heteroatoms. The van der Waals surface area contributed by atoms with E-state index in [4.69, 9.17) is 5.11 Å². The van der Waals surface area contributed by atoms with Crippen molar-refractivity contribution in [3.8, 4) is 0 Å². The average Bonchev–Trinajstić information content (AvgIpc) is 2.15. The van der Waals surface area contributed by atoms with Gasteiger partial charge in [-0.2, -0.15) is 0 Å². The van der Waals surface area contributed by atoms with E-state index < -0.39 is 24.4 Å². The minimum absolute atomic E-state index is 0.457. The molecule has 0 saturated carbocycles. The molecule has 0 aliphatic rings. The third-order valence-electron chi connectivity index (χ3n) is 2.34. The van der Waals surface area contributed by atoms with Gasteiger partial charge in [0.1, 0.15) is 12.2 Å². The van der Waals surface area contributed by atoms with E-state index in [1.54, 1.807) is 0 Å². The lowest BCUT2D eigenvalue weighted by Crippen LogP contribution is -2.43. The van der Waals surface area contributed by atoms with E-state index in [-0.39, 0.29) is 0 Å². The summed E-state index contributed by atoms with van der Waals surface area (Å²) in [5, 5.41) is 37.1. The van der Waals surface area contributed by atoms with Gasteiger partial charge in [-0.25, -0.2) is 0 Å². The summed E-state index contributed by atoms with van der Waals surface area (Å²) in [5.41, 5.74) is 0. The molecule has 0 radical (unpaired) electrons. The standard InChI is InChI=1S/C10H22O4/c1-3-4-5-6-8(12)10(14)9(13)7(2)11/h7-14H,3-6H2,1-2H3. The van der Waals surface area contributed by atoms with E-state index in [2.05, 4.69) is 0 Å². The van der Waals surface area contributed by atoms with Crippen molar-refractivity contribution in [2.75, 3.05) is 0 Å². The van der Waals surface area contributed by atoms with Gasteiger partial charge in [0.2, 0.25) is 0 Å². The molecule has 86 valence electrons. The van der Waals surface area contributed by atoms with Crippen LogP contribution in [0.15, 0.2) is 0 Å². The monoisotopic (exact) mass is 206 g/mol. The summed E-state index contributed by atoms with van der Waals surface area (Å²) in [6.45, 7) is 3.43. The quantitative estimate of drug-likeness (QED) is 0.443. The highest BCUT2D eigenvalue weighted by Crippen LogP contribution is 2.11. The van der Waals surface area contributed by atoms with Crippen molar-refractivity contribution in [1.29, 1.82) is 0 Å². The van der Waals surface area contributed by atoms with Crippen molar-refractivity contribution in [3.63, 3.8) is 0 Å². The highest BCUT2D eigenvalue weighted by atomic mass is 16.4. The van der Waals surface area contributed by atoms with Crippen LogP contribution in [-0.4, -0.2) is 44.8 Å². The molecule has 0 heterocycles. The molecule has 0 aliphatic carbocycles. The number of hydrogen-bond donors (Lipinski definition) is 4. The second-order valence-electron chi connectivity index (χ2n) is 3.78. The van der Waals surface area contributed by atoms with Gasteiger partial charge in [0.15, 0.2) is 0 Å². The van der Waals surface area contributed by atoms with Crippen LogP contribution in [0.25, 0.3) is 0 Å². The van der Waals surface area contributed by atoms with E-state index in [0.29, 0.717) is 6.42 Å². The number of rotatable bonds is 7. The highest BCUT2D eigenvalue weighted by Gasteiger charge is 2.27. The molecule has 0 aliphatic heterocycles. The molecule has 0 aromatic rings. The molecular weight excluding hydrogens is 184 g/mol. The Bertz CT molecular complexity index is 138. The zero-order chi connectivity index (χ0) is 11.1. The lowest BCUT2D eigenvalue weighted by atomic mass is 9.99. The van der Waals surface area contributed by atoms with Crippen molar-refractivity contribution >= 4 is 0 Å². The average molecular weight is 206 g/mol. The predicted octanol–water partition coefficient (Wildman–Crippen LogP) is 0.0302. The second kappa shape index (κ2) is 7.17. The second-order valence-corrected chi connectivity index (χ2v) is 3.78. The van der Waals surface area contributed by atoms with Crippen LogP contribution in [0.2, 0.25) is 0 Å². The molecule has 0 fully saturated rings. The van der Waals surface area contributed by atoms with E-state index in [9.17, 15) is 15.3 Å². The molecule has 0 rings (SSSR count). The molecule has 4 atom stereocenters. The lowest BCUT2D eigenvalue weighted by Gasteiger charge is -2.24. The largest absolute Gasteiger partial charge is 0.391 e. The Morgan fingerprint density at radius 2 is 1.50 bits per heavy atom. The van der Waals surface area contributed by atoms with E-state index in [0.717, 1.165) is 19.3 Å². The van der Waals surface area contributed by atoms with E-state index in [1.807, 2.05) is 6.92 Å². The van der Waals surface area contributed by atoms with Crippen molar-refractivity contribution in [2.24, 2.45) is 0 Å². The maximum atomic E-state index is 9.44. The summed E-state index contributed by atoms with van der Waals surface area (Å²) >= 11 is 0. The van der Waals surface area contributed by atoms with Crippen molar-refractivity contribution in [3.05, 3.63) is 0 Å². The normalized spacial score (nSPS) is 20.1. The van der Waals surface area contributed by atoms with Crippen LogP contribution < -0.4 is 0 Å². The van der Waals surface area contributed by atoms with E-state index in [1.165, 1.54) is 6.92 Å². The Balaban J connectivity index is 3.80. The summed E-state index contributed by atoms with van der Waals surface area (Å²) in [7, 11) is 0. The van der Waals surface area contributed by atoms with Gasteiger partial charge >= 0.3 is 0 Å². The third kappa shape index (κ3) is 4.91. The fraction of sp³-hybridized carbons (Fsp3) is 1.00. The molecule has 0 saturated heterocycles. The Morgan fingerprint density at radius 3 is 1.93 bits per heavy atom. The summed E-state index contributed by atoms with van der Waals surface area (Å²) in [6, 6.07) is 0. The van der Waals surface area contributed by atoms with Gasteiger partial charge in [0.25, 0.3) is 0 Å². The van der Waals surface area contributed by atoms with Crippen LogP contribution in [0.1, 0.15) is 39.5 Å². The van der Waals surface area contributed by atoms with Crippen LogP contribution in [-0.2, 0) is 0 Å². The number of aliphatic hydroxyl groups is 4. The number of hydrogen-bond acceptors (Lipinski definition) is 4. The van der Waals surface area contributed by atoms with Gasteiger partial charge in [-0.1, -0.05) is 26.2 Å². The maximum absolute atomic E-state index is 9.44. The first-order valence-corrected chi connectivity index (χ1v) is 5.23. The molecule has 4 unspecified atom stereocenters. The Morgan fingerprint density at radius 1 is 0.929 bits per heavy atom. The summed E-state index contributed by atoms with van der Waals surface area (Å²) in [5.74, 6) is 0. The maximum Gasteiger partial charge on any atom is 0.108 e. The SMILES string of the molecule is CCCCCC(O)C(O)C(O)C(C)O. The number of unbranched alkanes of at least 4 members (excludes halogenated alkanes) is 2. The molecule has 0 aromatic heterocycles. The first-order chi connectivity index (χ1) is 6.50. The minimum Gasteiger partial charge on any atom is -0.391 e. The molecule has 14 heavy (non-hydrogen) atoms. The summed E-state index contributed by atoms with van der Waals surface area (Å²) in [6.07, 6.45) is -1.19. The molecular formula is C10H22O4. The predicted molar refractivity (Wildman–Crippen MR) is 53.8 cm³/mol. The highest BCUT2D eigenvalue weighted by molar-refractivity contribution is 4.78. The molecule has 0 bridgehead atoms. The van der Waals surface area contributed by atoms with Gasteiger partial charge in [-0.05, 0) is 13.3 Å². The van der Waals surface area contributed by atoms with Gasteiger partial charge in [-0.3, -0.25) is 0 Å². The number of aliphatic hydroxyl groups excluding tert-OH is 4. The van der Waals surface area contributed by atoms with Crippen LogP contribution >= 0.6 is 0 Å². The topological polar surface area (TPSA) is 80.9 Å². The van der Waals surface area contributed by atoms with Crippen molar-refractivity contribution < 1.29 is 20.4 Å². The van der Waals surface area contributed by atoms with Crippen molar-refractivity contribution in [1.82, 2.24) is 0 Å². The zero-order valence-corrected chi connectivity index (χ0v) is 8.93. The van der Waals surface area contributed by atoms with Crippen LogP contribution in [0, 0.1) is 0 Å². The van der Waals surface area contributed by atoms with Gasteiger partial charge in [0.05, 0.1) is 12.2 Å². The third-order valence-corrected chi connectivity index (χ3v) is 2.34. The van der Waals surface area contributed by atoms with Crippen LogP contribution in [0.5, 0.6) is 0 Å². The smallest absolute Gasteiger partial charge is 0.108 e. The summed E-state index contributed by atoms with van der Waals surface area (Å²) < 4.78 is 0. The Labute approximate surface area is 85.2 Å². The summed E-state index contributed by atoms with van der Waals surface area (Å²) in [4.78, 5) is 0. The van der Waals surface area contributed by atoms with Gasteiger partial charge in [0, 0.05) is 0 Å². The molecule has 4 N–H and O–H groups in total. The van der Waals surface area contributed by atoms with Gasteiger partial charge in [-0.15, -0.1) is 0 Å². The molecule has 0 aromatic carbocycles. The fourth-order valence-electron chi connectivity index (χ4n) is 1.29. The molecule has 0 amide bonds. The van der Waals surface area contributed by atoms with Crippen LogP contribution in [0.4, 0.5) is 0 Å². The van der Waals surface area contributed by atoms with Crippen LogP contribution in [0.3, 0.4) is 0 Å². The van der Waals surface area contributed by atoms with Gasteiger partial charge < -0.3 is 20.4 Å².